The number of nitrogens with zero attached hydrogens (tertiary/aromatic N) is 1. The van der Waals surface area contributed by atoms with Crippen molar-refractivity contribution in [3.8, 4) is 6.07 Å². The van der Waals surface area contributed by atoms with Crippen LogP contribution >= 0.6 is 0 Å². The highest BCUT2D eigenvalue weighted by molar-refractivity contribution is 5.50. The summed E-state index contributed by atoms with van der Waals surface area (Å²) in [6.07, 6.45) is 4.66. The van der Waals surface area contributed by atoms with Crippen LogP contribution in [0.2, 0.25) is 0 Å². The fraction of sp³-hybridized carbons (Fsp3) is 0.533. The van der Waals surface area contributed by atoms with Crippen molar-refractivity contribution < 1.29 is 8.78 Å². The smallest absolute Gasteiger partial charge is 0.152 e. The van der Waals surface area contributed by atoms with E-state index in [1.54, 1.807) is 6.92 Å². The minimum atomic E-state index is -0.593. The molecule has 1 saturated carbocycles. The summed E-state index contributed by atoms with van der Waals surface area (Å²) in [5.41, 5.74) is 0.318. The number of hydrogen-bond acceptors (Lipinski definition) is 2. The Labute approximate surface area is 112 Å². The van der Waals surface area contributed by atoms with Crippen molar-refractivity contribution in [1.29, 1.82) is 5.26 Å². The van der Waals surface area contributed by atoms with Crippen molar-refractivity contribution in [3.05, 3.63) is 29.3 Å². The molecule has 2 atom stereocenters. The van der Waals surface area contributed by atoms with Gasteiger partial charge in [0.05, 0.1) is 12.0 Å². The molecule has 0 heterocycles. The highest BCUT2D eigenvalue weighted by atomic mass is 19.1. The third kappa shape index (κ3) is 3.04. The maximum absolute atomic E-state index is 14.0. The molecule has 102 valence electrons. The van der Waals surface area contributed by atoms with Gasteiger partial charge >= 0.3 is 0 Å². The standard InChI is InChI=1S/C15H18F2N2/c1-10-7-8-12(16)15(14(10)17)19-13-6-4-2-3-5-11(13)9-18/h7-8,11,13,19H,2-6H2,1H3. The van der Waals surface area contributed by atoms with Gasteiger partial charge in [-0.1, -0.05) is 25.3 Å². The van der Waals surface area contributed by atoms with Gasteiger partial charge in [-0.05, 0) is 31.4 Å². The van der Waals surface area contributed by atoms with E-state index in [4.69, 9.17) is 0 Å². The topological polar surface area (TPSA) is 35.8 Å². The van der Waals surface area contributed by atoms with E-state index in [2.05, 4.69) is 11.4 Å². The van der Waals surface area contributed by atoms with Crippen LogP contribution in [0.5, 0.6) is 0 Å². The van der Waals surface area contributed by atoms with Gasteiger partial charge in [0, 0.05) is 6.04 Å². The molecule has 0 radical (unpaired) electrons. The molecule has 19 heavy (non-hydrogen) atoms. The van der Waals surface area contributed by atoms with Gasteiger partial charge in [0.15, 0.2) is 5.82 Å². The summed E-state index contributed by atoms with van der Waals surface area (Å²) in [5.74, 6) is -1.33. The predicted octanol–water partition coefficient (Wildman–Crippen LogP) is 4.16. The van der Waals surface area contributed by atoms with Crippen LogP contribution in [0, 0.1) is 35.8 Å². The zero-order valence-electron chi connectivity index (χ0n) is 11.0. The summed E-state index contributed by atoms with van der Waals surface area (Å²) in [6.45, 7) is 1.61. The quantitative estimate of drug-likeness (QED) is 0.814. The summed E-state index contributed by atoms with van der Waals surface area (Å²) in [7, 11) is 0. The van der Waals surface area contributed by atoms with Crippen LogP contribution < -0.4 is 5.32 Å². The largest absolute Gasteiger partial charge is 0.376 e. The van der Waals surface area contributed by atoms with E-state index in [0.717, 1.165) is 32.1 Å². The van der Waals surface area contributed by atoms with Crippen LogP contribution in [-0.2, 0) is 0 Å². The maximum Gasteiger partial charge on any atom is 0.152 e. The molecule has 0 bridgehead atoms. The monoisotopic (exact) mass is 264 g/mol. The first-order valence-corrected chi connectivity index (χ1v) is 6.74. The summed E-state index contributed by atoms with van der Waals surface area (Å²) < 4.78 is 27.7. The molecule has 1 N–H and O–H groups in total. The predicted molar refractivity (Wildman–Crippen MR) is 70.7 cm³/mol. The van der Waals surface area contributed by atoms with Gasteiger partial charge in [0.2, 0.25) is 0 Å². The van der Waals surface area contributed by atoms with E-state index < -0.39 is 11.6 Å². The lowest BCUT2D eigenvalue weighted by atomic mass is 9.96. The van der Waals surface area contributed by atoms with Crippen LogP contribution in [0.4, 0.5) is 14.5 Å². The van der Waals surface area contributed by atoms with Gasteiger partial charge in [-0.2, -0.15) is 5.26 Å². The molecule has 1 aromatic rings. The minimum absolute atomic E-state index is 0.0906. The van der Waals surface area contributed by atoms with Gasteiger partial charge in [0.25, 0.3) is 0 Å². The molecule has 0 spiro atoms. The average molecular weight is 264 g/mol. The molecule has 0 amide bonds. The van der Waals surface area contributed by atoms with Gasteiger partial charge in [0.1, 0.15) is 11.5 Å². The summed E-state index contributed by atoms with van der Waals surface area (Å²) >= 11 is 0. The third-order valence-electron chi connectivity index (χ3n) is 3.80. The first-order chi connectivity index (χ1) is 9.13. The lowest BCUT2D eigenvalue weighted by Crippen LogP contribution is -2.28. The molecule has 1 fully saturated rings. The first-order valence-electron chi connectivity index (χ1n) is 6.74. The van der Waals surface area contributed by atoms with Crippen LogP contribution in [0.25, 0.3) is 0 Å². The third-order valence-corrected chi connectivity index (χ3v) is 3.80. The van der Waals surface area contributed by atoms with E-state index in [-0.39, 0.29) is 17.6 Å². The molecule has 1 aromatic carbocycles. The SMILES string of the molecule is Cc1ccc(F)c(NC2CCCCCC2C#N)c1F. The molecular weight excluding hydrogens is 246 g/mol. The lowest BCUT2D eigenvalue weighted by molar-refractivity contribution is 0.502. The second-order valence-electron chi connectivity index (χ2n) is 5.18. The summed E-state index contributed by atoms with van der Waals surface area (Å²) in [4.78, 5) is 0. The van der Waals surface area contributed by atoms with Crippen molar-refractivity contribution in [3.63, 3.8) is 0 Å². The van der Waals surface area contributed by atoms with E-state index in [9.17, 15) is 14.0 Å². The molecule has 0 aromatic heterocycles. The van der Waals surface area contributed by atoms with E-state index in [0.29, 0.717) is 5.56 Å². The Balaban J connectivity index is 2.24. The van der Waals surface area contributed by atoms with E-state index in [1.807, 2.05) is 0 Å². The second kappa shape index (κ2) is 6.01. The highest BCUT2D eigenvalue weighted by Crippen LogP contribution is 2.29. The number of benzene rings is 1. The molecule has 4 heteroatoms. The van der Waals surface area contributed by atoms with Gasteiger partial charge in [-0.15, -0.1) is 0 Å². The molecule has 2 rings (SSSR count). The molecular formula is C15H18F2N2. The Morgan fingerprint density at radius 3 is 2.68 bits per heavy atom. The van der Waals surface area contributed by atoms with E-state index >= 15 is 0 Å². The molecule has 2 unspecified atom stereocenters. The van der Waals surface area contributed by atoms with Gasteiger partial charge in [-0.25, -0.2) is 8.78 Å². The van der Waals surface area contributed by atoms with Crippen LogP contribution in [0.3, 0.4) is 0 Å². The Kier molecular flexibility index (Phi) is 4.36. The maximum atomic E-state index is 14.0. The van der Waals surface area contributed by atoms with Crippen molar-refractivity contribution in [2.75, 3.05) is 5.32 Å². The van der Waals surface area contributed by atoms with Crippen LogP contribution in [0.15, 0.2) is 12.1 Å². The normalized spacial score (nSPS) is 23.5. The number of hydrogen-bond donors (Lipinski definition) is 1. The number of aryl methyl sites for hydroxylation is 1. The van der Waals surface area contributed by atoms with Gasteiger partial charge < -0.3 is 5.32 Å². The molecule has 0 saturated heterocycles. The van der Waals surface area contributed by atoms with Crippen molar-refractivity contribution in [1.82, 2.24) is 0 Å². The first kappa shape index (κ1) is 13.8. The summed E-state index contributed by atoms with van der Waals surface area (Å²) in [6, 6.07) is 4.78. The van der Waals surface area contributed by atoms with Crippen molar-refractivity contribution in [2.24, 2.45) is 5.92 Å². The number of anilines is 1. The van der Waals surface area contributed by atoms with Crippen LogP contribution in [-0.4, -0.2) is 6.04 Å². The fourth-order valence-corrected chi connectivity index (χ4v) is 2.61. The van der Waals surface area contributed by atoms with E-state index in [1.165, 1.54) is 12.1 Å². The number of halogens is 2. The average Bonchev–Trinajstić information content (AvgIpc) is 2.64. The molecule has 1 aliphatic carbocycles. The fourth-order valence-electron chi connectivity index (χ4n) is 2.61. The molecule has 1 aliphatic rings. The van der Waals surface area contributed by atoms with Crippen molar-refractivity contribution >= 4 is 5.69 Å². The Morgan fingerprint density at radius 2 is 1.95 bits per heavy atom. The van der Waals surface area contributed by atoms with Crippen molar-refractivity contribution in [2.45, 2.75) is 45.1 Å². The second-order valence-corrected chi connectivity index (χ2v) is 5.18. The van der Waals surface area contributed by atoms with Crippen LogP contribution in [0.1, 0.15) is 37.7 Å². The number of nitrogens with one attached hydrogen (secondary N) is 1. The zero-order chi connectivity index (χ0) is 13.8. The Bertz CT molecular complexity index is 494. The lowest BCUT2D eigenvalue weighted by Gasteiger charge is -2.23. The Morgan fingerprint density at radius 1 is 1.21 bits per heavy atom. The summed E-state index contributed by atoms with van der Waals surface area (Å²) in [5, 5.41) is 12.1. The number of rotatable bonds is 2. The Hall–Kier alpha value is -1.63. The molecule has 2 nitrogen and oxygen atoms in total. The highest BCUT2D eigenvalue weighted by Gasteiger charge is 2.25. The number of nitriles is 1. The zero-order valence-corrected chi connectivity index (χ0v) is 11.0. The molecule has 0 aliphatic heterocycles. The minimum Gasteiger partial charge on any atom is -0.376 e. The van der Waals surface area contributed by atoms with Gasteiger partial charge in [-0.3, -0.25) is 0 Å².